The summed E-state index contributed by atoms with van der Waals surface area (Å²) in [6.07, 6.45) is 0. The van der Waals surface area contributed by atoms with Crippen LogP contribution in [-0.2, 0) is 13.2 Å². The predicted octanol–water partition coefficient (Wildman–Crippen LogP) is 6.96. The first-order valence-electron chi connectivity index (χ1n) is 8.29. The molecule has 0 amide bonds. The van der Waals surface area contributed by atoms with Crippen LogP contribution in [0.15, 0.2) is 65.1 Å². The zero-order valence-corrected chi connectivity index (χ0v) is 17.7. The molecule has 3 aromatic rings. The lowest BCUT2D eigenvalue weighted by Crippen LogP contribution is -2.03. The molecule has 3 rings (SSSR count). The number of hydrogen-bond acceptors (Lipinski definition) is 3. The maximum absolute atomic E-state index is 6.20. The van der Waals surface area contributed by atoms with Crippen molar-refractivity contribution in [3.63, 3.8) is 0 Å². The molecule has 1 N–H and O–H groups in total. The van der Waals surface area contributed by atoms with E-state index in [1.165, 1.54) is 0 Å². The molecule has 0 radical (unpaired) electrons. The highest BCUT2D eigenvalue weighted by atomic mass is 79.9. The molecular formula is C21H18BrCl2NO2. The fourth-order valence-corrected chi connectivity index (χ4v) is 3.54. The fourth-order valence-electron chi connectivity index (χ4n) is 2.58. The summed E-state index contributed by atoms with van der Waals surface area (Å²) in [4.78, 5) is 0. The second-order valence-corrected chi connectivity index (χ2v) is 7.56. The number of nitrogens with one attached hydrogen (secondary N) is 1. The van der Waals surface area contributed by atoms with Crippen molar-refractivity contribution in [1.29, 1.82) is 0 Å². The summed E-state index contributed by atoms with van der Waals surface area (Å²) in [7, 11) is 1.63. The van der Waals surface area contributed by atoms with Crippen molar-refractivity contribution < 1.29 is 9.47 Å². The van der Waals surface area contributed by atoms with Crippen LogP contribution in [0.5, 0.6) is 11.5 Å². The van der Waals surface area contributed by atoms with Gasteiger partial charge in [-0.25, -0.2) is 0 Å². The Morgan fingerprint density at radius 2 is 1.74 bits per heavy atom. The van der Waals surface area contributed by atoms with Crippen LogP contribution < -0.4 is 14.8 Å². The lowest BCUT2D eigenvalue weighted by atomic mass is 10.2. The van der Waals surface area contributed by atoms with Crippen molar-refractivity contribution in [2.75, 3.05) is 12.4 Å². The van der Waals surface area contributed by atoms with Crippen LogP contribution in [0.25, 0.3) is 0 Å². The minimum Gasteiger partial charge on any atom is -0.493 e. The Hall–Kier alpha value is -1.88. The van der Waals surface area contributed by atoms with Crippen molar-refractivity contribution in [2.24, 2.45) is 0 Å². The quantitative estimate of drug-likeness (QED) is 0.408. The molecule has 27 heavy (non-hydrogen) atoms. The van der Waals surface area contributed by atoms with Gasteiger partial charge in [-0.2, -0.15) is 0 Å². The first-order chi connectivity index (χ1) is 13.1. The van der Waals surface area contributed by atoms with E-state index in [9.17, 15) is 0 Å². The second kappa shape index (κ2) is 9.36. The highest BCUT2D eigenvalue weighted by Gasteiger charge is 2.12. The van der Waals surface area contributed by atoms with E-state index in [1.54, 1.807) is 25.3 Å². The number of rotatable bonds is 7. The lowest BCUT2D eigenvalue weighted by Gasteiger charge is -2.15. The maximum atomic E-state index is 6.20. The van der Waals surface area contributed by atoms with Gasteiger partial charge in [-0.05, 0) is 57.4 Å². The molecular weight excluding hydrogens is 449 g/mol. The summed E-state index contributed by atoms with van der Waals surface area (Å²) in [5, 5.41) is 4.54. The van der Waals surface area contributed by atoms with E-state index in [0.29, 0.717) is 34.7 Å². The van der Waals surface area contributed by atoms with E-state index in [2.05, 4.69) is 21.2 Å². The average Bonchev–Trinajstić information content (AvgIpc) is 2.68. The van der Waals surface area contributed by atoms with Gasteiger partial charge in [0.2, 0.25) is 0 Å². The van der Waals surface area contributed by atoms with Gasteiger partial charge in [-0.15, -0.1) is 0 Å². The van der Waals surface area contributed by atoms with E-state index in [4.69, 9.17) is 32.7 Å². The average molecular weight is 467 g/mol. The Morgan fingerprint density at radius 3 is 2.48 bits per heavy atom. The minimum atomic E-state index is 0.464. The normalized spacial score (nSPS) is 10.5. The lowest BCUT2D eigenvalue weighted by molar-refractivity contribution is 0.282. The van der Waals surface area contributed by atoms with Crippen molar-refractivity contribution >= 4 is 44.8 Å². The maximum Gasteiger partial charge on any atom is 0.175 e. The summed E-state index contributed by atoms with van der Waals surface area (Å²) in [5.74, 6) is 1.33. The number of halogens is 3. The van der Waals surface area contributed by atoms with E-state index < -0.39 is 0 Å². The molecule has 0 aliphatic carbocycles. The smallest absolute Gasteiger partial charge is 0.175 e. The van der Waals surface area contributed by atoms with Gasteiger partial charge in [0.25, 0.3) is 0 Å². The highest BCUT2D eigenvalue weighted by Crippen LogP contribution is 2.37. The molecule has 3 nitrogen and oxygen atoms in total. The molecule has 3 aromatic carbocycles. The largest absolute Gasteiger partial charge is 0.493 e. The molecule has 0 aromatic heterocycles. The van der Waals surface area contributed by atoms with Crippen molar-refractivity contribution in [1.82, 2.24) is 0 Å². The van der Waals surface area contributed by atoms with Gasteiger partial charge in [0, 0.05) is 11.6 Å². The van der Waals surface area contributed by atoms with E-state index in [1.807, 2.05) is 42.5 Å². The minimum absolute atomic E-state index is 0.464. The van der Waals surface area contributed by atoms with Crippen molar-refractivity contribution in [3.05, 3.63) is 86.3 Å². The Labute approximate surface area is 177 Å². The standard InChI is InChI=1S/C21H18BrCl2NO2/c1-26-20-10-15(12-25-19-11-16(23)7-8-18(19)24)9-17(22)21(20)27-13-14-5-3-2-4-6-14/h2-11,25H,12-13H2,1H3. The van der Waals surface area contributed by atoms with E-state index in [0.717, 1.165) is 21.3 Å². The Morgan fingerprint density at radius 1 is 0.963 bits per heavy atom. The molecule has 0 saturated carbocycles. The number of ether oxygens (including phenoxy) is 2. The summed E-state index contributed by atoms with van der Waals surface area (Å²) in [5.41, 5.74) is 2.89. The Bertz CT molecular complexity index is 920. The molecule has 0 spiro atoms. The third-order valence-electron chi connectivity index (χ3n) is 3.93. The van der Waals surface area contributed by atoms with Crippen molar-refractivity contribution in [3.8, 4) is 11.5 Å². The van der Waals surface area contributed by atoms with Crippen LogP contribution in [0.1, 0.15) is 11.1 Å². The van der Waals surface area contributed by atoms with Crippen molar-refractivity contribution in [2.45, 2.75) is 13.2 Å². The first kappa shape index (κ1) is 19.9. The van der Waals surface area contributed by atoms with Gasteiger partial charge < -0.3 is 14.8 Å². The zero-order valence-electron chi connectivity index (χ0n) is 14.6. The third kappa shape index (κ3) is 5.32. The topological polar surface area (TPSA) is 30.5 Å². The van der Waals surface area contributed by atoms with Gasteiger partial charge in [-0.3, -0.25) is 0 Å². The summed E-state index contributed by atoms with van der Waals surface area (Å²) < 4.78 is 12.3. The summed E-state index contributed by atoms with van der Waals surface area (Å²) in [6, 6.07) is 19.3. The molecule has 0 fully saturated rings. The first-order valence-corrected chi connectivity index (χ1v) is 9.84. The second-order valence-electron chi connectivity index (χ2n) is 5.86. The SMILES string of the molecule is COc1cc(CNc2cc(Cl)ccc2Cl)cc(Br)c1OCc1ccccc1. The van der Waals surface area contributed by atoms with Crippen LogP contribution in [0.3, 0.4) is 0 Å². The number of methoxy groups -OCH3 is 1. The Kier molecular flexibility index (Phi) is 6.89. The Balaban J connectivity index is 1.74. The van der Waals surface area contributed by atoms with E-state index >= 15 is 0 Å². The van der Waals surface area contributed by atoms with Gasteiger partial charge >= 0.3 is 0 Å². The van der Waals surface area contributed by atoms with Crippen LogP contribution in [0.2, 0.25) is 10.0 Å². The van der Waals surface area contributed by atoms with Gasteiger partial charge in [0.05, 0.1) is 22.3 Å². The zero-order chi connectivity index (χ0) is 19.2. The monoisotopic (exact) mass is 465 g/mol. The fraction of sp³-hybridized carbons (Fsp3) is 0.143. The number of hydrogen-bond donors (Lipinski definition) is 1. The summed E-state index contributed by atoms with van der Waals surface area (Å²) >= 11 is 15.8. The van der Waals surface area contributed by atoms with Crippen LogP contribution >= 0.6 is 39.1 Å². The molecule has 0 bridgehead atoms. The van der Waals surface area contributed by atoms with Crippen LogP contribution in [0, 0.1) is 0 Å². The molecule has 0 saturated heterocycles. The van der Waals surface area contributed by atoms with Gasteiger partial charge in [0.1, 0.15) is 6.61 Å². The van der Waals surface area contributed by atoms with Gasteiger partial charge in [0.15, 0.2) is 11.5 Å². The van der Waals surface area contributed by atoms with Crippen LogP contribution in [0.4, 0.5) is 5.69 Å². The third-order valence-corrected chi connectivity index (χ3v) is 5.08. The molecule has 0 aliphatic rings. The molecule has 140 valence electrons. The van der Waals surface area contributed by atoms with Crippen LogP contribution in [-0.4, -0.2) is 7.11 Å². The molecule has 0 heterocycles. The van der Waals surface area contributed by atoms with E-state index in [-0.39, 0.29) is 0 Å². The highest BCUT2D eigenvalue weighted by molar-refractivity contribution is 9.10. The molecule has 6 heteroatoms. The predicted molar refractivity (Wildman–Crippen MR) is 115 cm³/mol. The molecule has 0 unspecified atom stereocenters. The number of anilines is 1. The molecule has 0 aliphatic heterocycles. The van der Waals surface area contributed by atoms with Gasteiger partial charge in [-0.1, -0.05) is 53.5 Å². The summed E-state index contributed by atoms with van der Waals surface area (Å²) in [6.45, 7) is 1.03. The number of benzene rings is 3. The molecule has 0 atom stereocenters.